The van der Waals surface area contributed by atoms with Crippen LogP contribution in [0.25, 0.3) is 0 Å². The van der Waals surface area contributed by atoms with Crippen LogP contribution in [-0.4, -0.2) is 33.9 Å². The second-order valence-electron chi connectivity index (χ2n) is 3.35. The average molecular weight is 211 g/mol. The number of amides is 1. The van der Waals surface area contributed by atoms with Gasteiger partial charge in [0.2, 0.25) is 0 Å². The Morgan fingerprint density at radius 3 is 3.00 bits per heavy atom. The summed E-state index contributed by atoms with van der Waals surface area (Å²) in [6.07, 6.45) is 3.03. The largest absolute Gasteiger partial charge is 0.396 e. The molecule has 0 radical (unpaired) electrons. The van der Waals surface area contributed by atoms with E-state index >= 15 is 0 Å². The first-order valence-electron chi connectivity index (χ1n) is 5.10. The molecule has 1 aromatic heterocycles. The molecule has 84 valence electrons. The minimum Gasteiger partial charge on any atom is -0.396 e. The Balaban J connectivity index is 2.64. The Morgan fingerprint density at radius 1 is 1.67 bits per heavy atom. The van der Waals surface area contributed by atoms with Crippen LogP contribution in [0.15, 0.2) is 6.20 Å². The van der Waals surface area contributed by atoms with Gasteiger partial charge in [0.25, 0.3) is 5.91 Å². The monoisotopic (exact) mass is 211 g/mol. The van der Waals surface area contributed by atoms with Crippen molar-refractivity contribution in [1.82, 2.24) is 15.1 Å². The fraction of sp³-hybridized carbons (Fsp3) is 0.600. The summed E-state index contributed by atoms with van der Waals surface area (Å²) >= 11 is 0. The maximum absolute atomic E-state index is 11.7. The van der Waals surface area contributed by atoms with E-state index in [1.807, 2.05) is 6.92 Å². The number of aliphatic hydroxyl groups excluding tert-OH is 1. The number of aryl methyl sites for hydroxylation is 2. The van der Waals surface area contributed by atoms with Gasteiger partial charge >= 0.3 is 0 Å². The van der Waals surface area contributed by atoms with E-state index in [2.05, 4.69) is 10.4 Å². The van der Waals surface area contributed by atoms with Crippen molar-refractivity contribution < 1.29 is 9.90 Å². The van der Waals surface area contributed by atoms with E-state index in [9.17, 15) is 4.79 Å². The van der Waals surface area contributed by atoms with Gasteiger partial charge in [-0.2, -0.15) is 5.10 Å². The highest BCUT2D eigenvalue weighted by atomic mass is 16.3. The zero-order valence-corrected chi connectivity index (χ0v) is 9.16. The molecule has 0 aromatic carbocycles. The quantitative estimate of drug-likeness (QED) is 0.678. The van der Waals surface area contributed by atoms with Crippen molar-refractivity contribution in [3.8, 4) is 0 Å². The summed E-state index contributed by atoms with van der Waals surface area (Å²) in [4.78, 5) is 11.7. The highest BCUT2D eigenvalue weighted by Gasteiger charge is 2.13. The van der Waals surface area contributed by atoms with Crippen LogP contribution >= 0.6 is 0 Å². The highest BCUT2D eigenvalue weighted by Crippen LogP contribution is 2.06. The summed E-state index contributed by atoms with van der Waals surface area (Å²) in [6.45, 7) is 2.55. The molecule has 1 rings (SSSR count). The fourth-order valence-corrected chi connectivity index (χ4v) is 1.36. The molecule has 5 heteroatoms. The summed E-state index contributed by atoms with van der Waals surface area (Å²) in [5.74, 6) is -0.117. The highest BCUT2D eigenvalue weighted by molar-refractivity contribution is 5.95. The smallest absolute Gasteiger partial charge is 0.254 e. The predicted octanol–water partition coefficient (Wildman–Crippen LogP) is 0.0947. The van der Waals surface area contributed by atoms with E-state index in [4.69, 9.17) is 5.11 Å². The Bertz CT molecular complexity index is 333. The van der Waals surface area contributed by atoms with Gasteiger partial charge in [0.1, 0.15) is 0 Å². The van der Waals surface area contributed by atoms with E-state index in [0.29, 0.717) is 18.5 Å². The number of carbonyl (C=O) groups excluding carboxylic acids is 1. The Hall–Kier alpha value is -1.36. The first-order chi connectivity index (χ1) is 7.19. The summed E-state index contributed by atoms with van der Waals surface area (Å²) < 4.78 is 1.64. The normalized spacial score (nSPS) is 10.3. The molecular weight excluding hydrogens is 194 g/mol. The molecule has 0 bridgehead atoms. The number of nitrogens with zero attached hydrogens (tertiary/aromatic N) is 2. The van der Waals surface area contributed by atoms with E-state index in [1.54, 1.807) is 17.9 Å². The van der Waals surface area contributed by atoms with Crippen molar-refractivity contribution in [2.24, 2.45) is 7.05 Å². The average Bonchev–Trinajstić information content (AvgIpc) is 2.60. The van der Waals surface area contributed by atoms with Crippen molar-refractivity contribution in [1.29, 1.82) is 0 Å². The van der Waals surface area contributed by atoms with Gasteiger partial charge in [-0.3, -0.25) is 9.48 Å². The molecule has 5 nitrogen and oxygen atoms in total. The molecule has 2 N–H and O–H groups in total. The maximum atomic E-state index is 11.7. The lowest BCUT2D eigenvalue weighted by Gasteiger charge is -2.02. The molecule has 0 aliphatic carbocycles. The van der Waals surface area contributed by atoms with Gasteiger partial charge in [-0.15, -0.1) is 0 Å². The van der Waals surface area contributed by atoms with Crippen molar-refractivity contribution in [3.05, 3.63) is 17.5 Å². The minimum atomic E-state index is -0.117. The third-order valence-electron chi connectivity index (χ3n) is 2.11. The van der Waals surface area contributed by atoms with Gasteiger partial charge in [0.15, 0.2) is 0 Å². The lowest BCUT2D eigenvalue weighted by molar-refractivity contribution is 0.0950. The van der Waals surface area contributed by atoms with Gasteiger partial charge in [-0.25, -0.2) is 0 Å². The first kappa shape index (κ1) is 11.7. The van der Waals surface area contributed by atoms with Crippen molar-refractivity contribution >= 4 is 5.91 Å². The minimum absolute atomic E-state index is 0.0912. The molecule has 0 aliphatic rings. The third kappa shape index (κ3) is 3.06. The topological polar surface area (TPSA) is 67.2 Å². The number of carbonyl (C=O) groups is 1. The van der Waals surface area contributed by atoms with Crippen LogP contribution in [0.5, 0.6) is 0 Å². The molecule has 0 atom stereocenters. The number of hydrogen-bond acceptors (Lipinski definition) is 3. The SMILES string of the molecule is CCc1nn(C)cc1C(=O)NCCCO. The van der Waals surface area contributed by atoms with Gasteiger partial charge in [0, 0.05) is 26.4 Å². The van der Waals surface area contributed by atoms with Crippen molar-refractivity contribution in [2.45, 2.75) is 19.8 Å². The summed E-state index contributed by atoms with van der Waals surface area (Å²) in [7, 11) is 1.80. The van der Waals surface area contributed by atoms with E-state index < -0.39 is 0 Å². The Labute approximate surface area is 89.1 Å². The van der Waals surface area contributed by atoms with Crippen molar-refractivity contribution in [3.63, 3.8) is 0 Å². The number of aromatic nitrogens is 2. The molecule has 1 aromatic rings. The lowest BCUT2D eigenvalue weighted by Crippen LogP contribution is -2.25. The van der Waals surface area contributed by atoms with E-state index in [-0.39, 0.29) is 12.5 Å². The molecule has 0 spiro atoms. The zero-order valence-electron chi connectivity index (χ0n) is 9.16. The summed E-state index contributed by atoms with van der Waals surface area (Å²) in [5, 5.41) is 15.5. The molecule has 15 heavy (non-hydrogen) atoms. The Kier molecular flexibility index (Phi) is 4.30. The van der Waals surface area contributed by atoms with E-state index in [1.165, 1.54) is 0 Å². The number of nitrogens with one attached hydrogen (secondary N) is 1. The summed E-state index contributed by atoms with van der Waals surface area (Å²) in [5.41, 5.74) is 1.43. The number of rotatable bonds is 5. The van der Waals surface area contributed by atoms with Crippen LogP contribution < -0.4 is 5.32 Å². The second-order valence-corrected chi connectivity index (χ2v) is 3.35. The maximum Gasteiger partial charge on any atom is 0.254 e. The standard InChI is InChI=1S/C10H17N3O2/c1-3-9-8(7-13(2)12-9)10(15)11-5-4-6-14/h7,14H,3-6H2,1-2H3,(H,11,15). The molecule has 1 heterocycles. The molecule has 0 saturated heterocycles. The molecule has 0 fully saturated rings. The predicted molar refractivity (Wildman–Crippen MR) is 56.6 cm³/mol. The molecule has 1 amide bonds. The van der Waals surface area contributed by atoms with Gasteiger partial charge in [-0.1, -0.05) is 6.92 Å². The zero-order chi connectivity index (χ0) is 11.3. The molecule has 0 unspecified atom stereocenters. The Morgan fingerprint density at radius 2 is 2.40 bits per heavy atom. The van der Waals surface area contributed by atoms with Gasteiger partial charge in [0.05, 0.1) is 11.3 Å². The molecular formula is C10H17N3O2. The van der Waals surface area contributed by atoms with Gasteiger partial charge < -0.3 is 10.4 Å². The fourth-order valence-electron chi connectivity index (χ4n) is 1.36. The van der Waals surface area contributed by atoms with Crippen LogP contribution in [0.2, 0.25) is 0 Å². The van der Waals surface area contributed by atoms with Crippen LogP contribution in [0.1, 0.15) is 29.4 Å². The van der Waals surface area contributed by atoms with Crippen LogP contribution in [0, 0.1) is 0 Å². The molecule has 0 saturated carbocycles. The summed E-state index contributed by atoms with van der Waals surface area (Å²) in [6, 6.07) is 0. The van der Waals surface area contributed by atoms with Crippen LogP contribution in [-0.2, 0) is 13.5 Å². The van der Waals surface area contributed by atoms with E-state index in [0.717, 1.165) is 12.1 Å². The lowest BCUT2D eigenvalue weighted by atomic mass is 10.2. The third-order valence-corrected chi connectivity index (χ3v) is 2.11. The second kappa shape index (κ2) is 5.50. The number of hydrogen-bond donors (Lipinski definition) is 2. The first-order valence-corrected chi connectivity index (χ1v) is 5.10. The van der Waals surface area contributed by atoms with Crippen LogP contribution in [0.4, 0.5) is 0 Å². The van der Waals surface area contributed by atoms with Gasteiger partial charge in [-0.05, 0) is 12.8 Å². The molecule has 0 aliphatic heterocycles. The van der Waals surface area contributed by atoms with Crippen molar-refractivity contribution in [2.75, 3.05) is 13.2 Å². The van der Waals surface area contributed by atoms with Crippen LogP contribution in [0.3, 0.4) is 0 Å². The number of aliphatic hydroxyl groups is 1.